The van der Waals surface area contributed by atoms with Gasteiger partial charge in [-0.25, -0.2) is 8.42 Å². The molecule has 0 amide bonds. The lowest BCUT2D eigenvalue weighted by molar-refractivity contribution is 0.113. The van der Waals surface area contributed by atoms with E-state index in [4.69, 9.17) is 17.3 Å². The van der Waals surface area contributed by atoms with Gasteiger partial charge in [0.1, 0.15) is 4.90 Å². The van der Waals surface area contributed by atoms with Gasteiger partial charge in [0.2, 0.25) is 10.0 Å². The number of rotatable bonds is 3. The maximum absolute atomic E-state index is 12.4. The summed E-state index contributed by atoms with van der Waals surface area (Å²) >= 11 is 6.03. The van der Waals surface area contributed by atoms with Gasteiger partial charge < -0.3 is 10.8 Å². The van der Waals surface area contributed by atoms with Crippen LogP contribution >= 0.6 is 11.6 Å². The lowest BCUT2D eigenvalue weighted by Gasteiger charge is -2.29. The van der Waals surface area contributed by atoms with Crippen molar-refractivity contribution in [2.24, 2.45) is 5.73 Å². The minimum Gasteiger partial charge on any atom is -0.393 e. The summed E-state index contributed by atoms with van der Waals surface area (Å²) in [5.41, 5.74) is 6.28. The van der Waals surface area contributed by atoms with E-state index in [1.807, 2.05) is 0 Å². The summed E-state index contributed by atoms with van der Waals surface area (Å²) in [5, 5.41) is 9.61. The molecule has 0 unspecified atom stereocenters. The Morgan fingerprint density at radius 1 is 1.37 bits per heavy atom. The van der Waals surface area contributed by atoms with Crippen molar-refractivity contribution < 1.29 is 13.5 Å². The van der Waals surface area contributed by atoms with Crippen LogP contribution in [0, 0.1) is 0 Å². The predicted molar refractivity (Wildman–Crippen MR) is 73.3 cm³/mol. The fraction of sp³-hybridized carbons (Fsp3) is 0.500. The molecular formula is C12H17ClN2O3S. The van der Waals surface area contributed by atoms with E-state index in [-0.39, 0.29) is 9.92 Å². The number of sulfonamides is 1. The Morgan fingerprint density at radius 3 is 2.53 bits per heavy atom. The molecule has 5 nitrogen and oxygen atoms in total. The average molecular weight is 305 g/mol. The average Bonchev–Trinajstić information content (AvgIpc) is 2.38. The van der Waals surface area contributed by atoms with E-state index in [1.165, 1.54) is 10.4 Å². The van der Waals surface area contributed by atoms with Crippen LogP contribution in [-0.4, -0.2) is 37.0 Å². The third-order valence-electron chi connectivity index (χ3n) is 3.27. The molecule has 1 aromatic rings. The second-order valence-corrected chi connectivity index (χ2v) is 6.92. The first kappa shape index (κ1) is 14.7. The summed E-state index contributed by atoms with van der Waals surface area (Å²) in [6.07, 6.45) is 0.497. The van der Waals surface area contributed by atoms with Crippen molar-refractivity contribution in [3.63, 3.8) is 0 Å². The monoisotopic (exact) mass is 304 g/mol. The number of nitrogens with zero attached hydrogens (tertiary/aromatic N) is 1. The largest absolute Gasteiger partial charge is 0.393 e. The highest BCUT2D eigenvalue weighted by Gasteiger charge is 2.30. The van der Waals surface area contributed by atoms with Gasteiger partial charge in [-0.05, 0) is 30.5 Å². The number of benzene rings is 1. The van der Waals surface area contributed by atoms with Gasteiger partial charge in [-0.3, -0.25) is 0 Å². The predicted octanol–water partition coefficient (Wildman–Crippen LogP) is 0.944. The Morgan fingerprint density at radius 2 is 2.00 bits per heavy atom. The summed E-state index contributed by atoms with van der Waals surface area (Å²) in [6.45, 7) is 0.951. The van der Waals surface area contributed by atoms with Crippen LogP contribution in [0.4, 0.5) is 0 Å². The second kappa shape index (κ2) is 5.76. The molecular weight excluding hydrogens is 288 g/mol. The van der Waals surface area contributed by atoms with Gasteiger partial charge in [0.05, 0.1) is 11.1 Å². The quantitative estimate of drug-likeness (QED) is 0.870. The van der Waals surface area contributed by atoms with Crippen LogP contribution in [-0.2, 0) is 16.6 Å². The fourth-order valence-electron chi connectivity index (χ4n) is 2.10. The molecule has 2 rings (SSSR count). The van der Waals surface area contributed by atoms with Crippen LogP contribution in [0.2, 0.25) is 5.02 Å². The molecule has 0 spiro atoms. The van der Waals surface area contributed by atoms with Crippen LogP contribution in [0.15, 0.2) is 23.1 Å². The van der Waals surface area contributed by atoms with E-state index >= 15 is 0 Å². The fourth-order valence-corrected chi connectivity index (χ4v) is 4.11. The van der Waals surface area contributed by atoms with Gasteiger partial charge in [-0.2, -0.15) is 4.31 Å². The normalized spacial score (nSPS) is 18.7. The molecule has 1 heterocycles. The molecule has 1 fully saturated rings. The highest BCUT2D eigenvalue weighted by molar-refractivity contribution is 7.89. The van der Waals surface area contributed by atoms with Gasteiger partial charge in [-0.15, -0.1) is 0 Å². The molecule has 3 N–H and O–H groups in total. The summed E-state index contributed by atoms with van der Waals surface area (Å²) in [7, 11) is -3.59. The maximum Gasteiger partial charge on any atom is 0.244 e. The Hall–Kier alpha value is -0.660. The molecule has 106 valence electrons. The van der Waals surface area contributed by atoms with Crippen LogP contribution in [0.1, 0.15) is 18.4 Å². The Balaban J connectivity index is 2.29. The van der Waals surface area contributed by atoms with E-state index < -0.39 is 16.1 Å². The minimum absolute atomic E-state index is 0.0998. The van der Waals surface area contributed by atoms with Crippen molar-refractivity contribution in [1.82, 2.24) is 4.31 Å². The van der Waals surface area contributed by atoms with Crippen molar-refractivity contribution in [2.45, 2.75) is 30.4 Å². The molecule has 1 aliphatic rings. The SMILES string of the molecule is NCc1ccc(S(=O)(=O)N2CCC(O)CC2)c(Cl)c1. The molecule has 0 atom stereocenters. The third-order valence-corrected chi connectivity index (χ3v) is 5.65. The first-order valence-corrected chi connectivity index (χ1v) is 7.93. The molecule has 0 saturated carbocycles. The van der Waals surface area contributed by atoms with Gasteiger partial charge >= 0.3 is 0 Å². The first-order valence-electron chi connectivity index (χ1n) is 6.12. The molecule has 1 aromatic carbocycles. The Bertz CT molecular complexity index is 554. The zero-order valence-corrected chi connectivity index (χ0v) is 12.0. The standard InChI is InChI=1S/C12H17ClN2O3S/c13-11-7-9(8-14)1-2-12(11)19(17,18)15-5-3-10(16)4-6-15/h1-2,7,10,16H,3-6,8,14H2. The van der Waals surface area contributed by atoms with Crippen LogP contribution in [0.5, 0.6) is 0 Å². The van der Waals surface area contributed by atoms with Crippen LogP contribution in [0.3, 0.4) is 0 Å². The molecule has 7 heteroatoms. The third kappa shape index (κ3) is 3.09. The highest BCUT2D eigenvalue weighted by atomic mass is 35.5. The number of piperidine rings is 1. The molecule has 0 radical (unpaired) electrons. The van der Waals surface area contributed by atoms with E-state index in [0.29, 0.717) is 32.5 Å². The van der Waals surface area contributed by atoms with Crippen LogP contribution < -0.4 is 5.73 Å². The van der Waals surface area contributed by atoms with Gasteiger partial charge in [0, 0.05) is 19.6 Å². The molecule has 19 heavy (non-hydrogen) atoms. The highest BCUT2D eigenvalue weighted by Crippen LogP contribution is 2.27. The minimum atomic E-state index is -3.59. The Kier molecular flexibility index (Phi) is 4.47. The van der Waals surface area contributed by atoms with Crippen LogP contribution in [0.25, 0.3) is 0 Å². The van der Waals surface area contributed by atoms with E-state index in [1.54, 1.807) is 12.1 Å². The zero-order valence-electron chi connectivity index (χ0n) is 10.4. The molecule has 1 aliphatic heterocycles. The molecule has 0 aliphatic carbocycles. The number of hydrogen-bond acceptors (Lipinski definition) is 4. The summed E-state index contributed by atoms with van der Waals surface area (Å²) < 4.78 is 26.3. The summed E-state index contributed by atoms with van der Waals surface area (Å²) in [5.74, 6) is 0. The summed E-state index contributed by atoms with van der Waals surface area (Å²) in [6, 6.07) is 4.73. The summed E-state index contributed by atoms with van der Waals surface area (Å²) in [4.78, 5) is 0.0998. The number of aliphatic hydroxyl groups is 1. The van der Waals surface area contributed by atoms with Gasteiger partial charge in [-0.1, -0.05) is 17.7 Å². The van der Waals surface area contributed by atoms with Crippen molar-refractivity contribution >= 4 is 21.6 Å². The number of aliphatic hydroxyl groups excluding tert-OH is 1. The van der Waals surface area contributed by atoms with Crippen molar-refractivity contribution in [3.05, 3.63) is 28.8 Å². The van der Waals surface area contributed by atoms with E-state index in [0.717, 1.165) is 5.56 Å². The van der Waals surface area contributed by atoms with Gasteiger partial charge in [0.25, 0.3) is 0 Å². The molecule has 1 saturated heterocycles. The van der Waals surface area contributed by atoms with Crippen molar-refractivity contribution in [2.75, 3.05) is 13.1 Å². The van der Waals surface area contributed by atoms with Crippen molar-refractivity contribution in [3.8, 4) is 0 Å². The first-order chi connectivity index (χ1) is 8.95. The number of hydrogen-bond donors (Lipinski definition) is 2. The molecule has 0 aromatic heterocycles. The van der Waals surface area contributed by atoms with Crippen molar-refractivity contribution in [1.29, 1.82) is 0 Å². The smallest absolute Gasteiger partial charge is 0.244 e. The van der Waals surface area contributed by atoms with Gasteiger partial charge in [0.15, 0.2) is 0 Å². The zero-order chi connectivity index (χ0) is 14.0. The lowest BCUT2D eigenvalue weighted by Crippen LogP contribution is -2.40. The second-order valence-electron chi connectivity index (χ2n) is 4.60. The van der Waals surface area contributed by atoms with E-state index in [9.17, 15) is 13.5 Å². The number of halogens is 1. The maximum atomic E-state index is 12.4. The lowest BCUT2D eigenvalue weighted by atomic mass is 10.1. The Labute approximate surface area is 118 Å². The number of nitrogens with two attached hydrogens (primary N) is 1. The van der Waals surface area contributed by atoms with E-state index in [2.05, 4.69) is 0 Å². The molecule has 0 bridgehead atoms. The topological polar surface area (TPSA) is 83.6 Å².